The molecule has 0 saturated carbocycles. The van der Waals surface area contributed by atoms with Crippen LogP contribution in [0.5, 0.6) is 11.5 Å². The summed E-state index contributed by atoms with van der Waals surface area (Å²) in [4.78, 5) is 19.4. The van der Waals surface area contributed by atoms with Crippen LogP contribution >= 0.6 is 0 Å². The van der Waals surface area contributed by atoms with Crippen molar-refractivity contribution in [3.63, 3.8) is 0 Å². The third kappa shape index (κ3) is 5.45. The smallest absolute Gasteiger partial charge is 0.253 e. The topological polar surface area (TPSA) is 94.4 Å². The third-order valence-electron chi connectivity index (χ3n) is 6.41. The molecule has 3 aromatic rings. The van der Waals surface area contributed by atoms with E-state index in [1.807, 2.05) is 6.07 Å². The van der Waals surface area contributed by atoms with Crippen molar-refractivity contribution < 1.29 is 14.3 Å². The van der Waals surface area contributed by atoms with E-state index in [9.17, 15) is 4.79 Å². The summed E-state index contributed by atoms with van der Waals surface area (Å²) >= 11 is 0. The van der Waals surface area contributed by atoms with E-state index in [4.69, 9.17) is 9.47 Å². The Labute approximate surface area is 205 Å². The van der Waals surface area contributed by atoms with E-state index >= 15 is 0 Å². The Hall–Kier alpha value is -3.46. The van der Waals surface area contributed by atoms with Gasteiger partial charge in [0, 0.05) is 45.0 Å². The van der Waals surface area contributed by atoms with Crippen molar-refractivity contribution in [2.45, 2.75) is 45.8 Å². The SMILES string of the molecule is CC(C)C[C@H](NC(=O)c1cccnc1)c1nnc2n1CCN(Cc1ccc3c(c1)OCCO3)CC2. The fourth-order valence-corrected chi connectivity index (χ4v) is 4.69. The highest BCUT2D eigenvalue weighted by molar-refractivity contribution is 5.94. The van der Waals surface area contributed by atoms with E-state index in [0.29, 0.717) is 24.7 Å². The lowest BCUT2D eigenvalue weighted by Gasteiger charge is -2.23. The summed E-state index contributed by atoms with van der Waals surface area (Å²) in [5.41, 5.74) is 1.75. The third-order valence-corrected chi connectivity index (χ3v) is 6.41. The number of rotatable bonds is 7. The number of carbonyl (C=O) groups is 1. The Morgan fingerprint density at radius 3 is 2.74 bits per heavy atom. The molecule has 0 bridgehead atoms. The van der Waals surface area contributed by atoms with Crippen molar-refractivity contribution >= 4 is 5.91 Å². The molecule has 0 unspecified atom stereocenters. The second kappa shape index (κ2) is 10.4. The van der Waals surface area contributed by atoms with Crippen LogP contribution in [0.2, 0.25) is 0 Å². The van der Waals surface area contributed by atoms with Crippen LogP contribution in [0.15, 0.2) is 42.7 Å². The predicted molar refractivity (Wildman–Crippen MR) is 130 cm³/mol. The summed E-state index contributed by atoms with van der Waals surface area (Å²) in [6, 6.07) is 9.51. The number of ether oxygens (including phenoxy) is 2. The molecule has 1 amide bonds. The summed E-state index contributed by atoms with van der Waals surface area (Å²) in [6.45, 7) is 8.86. The minimum atomic E-state index is -0.215. The van der Waals surface area contributed by atoms with E-state index < -0.39 is 0 Å². The Balaban J connectivity index is 1.29. The second-order valence-corrected chi connectivity index (χ2v) is 9.53. The average Bonchev–Trinajstić information content (AvgIpc) is 3.17. The molecule has 184 valence electrons. The first-order valence-electron chi connectivity index (χ1n) is 12.3. The summed E-state index contributed by atoms with van der Waals surface area (Å²) in [5.74, 6) is 3.68. The lowest BCUT2D eigenvalue weighted by atomic mass is 10.0. The van der Waals surface area contributed by atoms with Crippen LogP contribution in [0.25, 0.3) is 0 Å². The fraction of sp³-hybridized carbons (Fsp3) is 0.462. The molecule has 35 heavy (non-hydrogen) atoms. The largest absolute Gasteiger partial charge is 0.486 e. The molecule has 2 aromatic heterocycles. The van der Waals surface area contributed by atoms with Gasteiger partial charge >= 0.3 is 0 Å². The van der Waals surface area contributed by atoms with Gasteiger partial charge in [-0.05, 0) is 42.2 Å². The van der Waals surface area contributed by atoms with Gasteiger partial charge in [-0.15, -0.1) is 10.2 Å². The molecule has 0 spiro atoms. The van der Waals surface area contributed by atoms with Crippen molar-refractivity contribution in [2.75, 3.05) is 26.3 Å². The number of carbonyl (C=O) groups excluding carboxylic acids is 1. The molecule has 4 heterocycles. The maximum atomic E-state index is 12.9. The van der Waals surface area contributed by atoms with E-state index in [1.54, 1.807) is 24.5 Å². The van der Waals surface area contributed by atoms with Crippen LogP contribution < -0.4 is 14.8 Å². The van der Waals surface area contributed by atoms with Crippen LogP contribution in [-0.2, 0) is 19.5 Å². The van der Waals surface area contributed by atoms with Gasteiger partial charge in [0.1, 0.15) is 19.0 Å². The molecule has 0 aliphatic carbocycles. The number of hydrogen-bond acceptors (Lipinski definition) is 7. The maximum Gasteiger partial charge on any atom is 0.253 e. The van der Waals surface area contributed by atoms with Gasteiger partial charge in [0.15, 0.2) is 17.3 Å². The van der Waals surface area contributed by atoms with Crippen LogP contribution in [0, 0.1) is 5.92 Å². The van der Waals surface area contributed by atoms with Crippen LogP contribution in [0.3, 0.4) is 0 Å². The maximum absolute atomic E-state index is 12.9. The number of nitrogens with one attached hydrogen (secondary N) is 1. The van der Waals surface area contributed by atoms with Crippen molar-refractivity contribution in [2.24, 2.45) is 5.92 Å². The van der Waals surface area contributed by atoms with Gasteiger partial charge in [-0.1, -0.05) is 19.9 Å². The van der Waals surface area contributed by atoms with Crippen molar-refractivity contribution in [3.05, 3.63) is 65.5 Å². The van der Waals surface area contributed by atoms with Gasteiger partial charge in [0.2, 0.25) is 0 Å². The highest BCUT2D eigenvalue weighted by atomic mass is 16.6. The van der Waals surface area contributed by atoms with Gasteiger partial charge in [-0.2, -0.15) is 0 Å². The quantitative estimate of drug-likeness (QED) is 0.560. The Bertz CT molecular complexity index is 1160. The summed E-state index contributed by atoms with van der Waals surface area (Å²) in [5, 5.41) is 12.2. The van der Waals surface area contributed by atoms with Gasteiger partial charge in [0.25, 0.3) is 5.91 Å². The standard InChI is InChI=1S/C26H32N6O3/c1-18(2)14-21(28-26(33)20-4-3-8-27-16-20)25-30-29-24-7-9-31(10-11-32(24)25)17-19-5-6-22-23(15-19)35-13-12-34-22/h3-6,8,15-16,18,21H,7,9-14,17H2,1-2H3,(H,28,33)/t21-/m0/s1. The minimum Gasteiger partial charge on any atom is -0.486 e. The van der Waals surface area contributed by atoms with Crippen LogP contribution in [-0.4, -0.2) is 56.9 Å². The number of aromatic nitrogens is 4. The lowest BCUT2D eigenvalue weighted by molar-refractivity contribution is 0.0928. The average molecular weight is 477 g/mol. The molecule has 0 fully saturated rings. The van der Waals surface area contributed by atoms with Gasteiger partial charge < -0.3 is 19.4 Å². The zero-order chi connectivity index (χ0) is 24.2. The monoisotopic (exact) mass is 476 g/mol. The van der Waals surface area contributed by atoms with E-state index in [0.717, 1.165) is 62.2 Å². The Kier molecular flexibility index (Phi) is 6.94. The van der Waals surface area contributed by atoms with Crippen molar-refractivity contribution in [1.82, 2.24) is 30.0 Å². The van der Waals surface area contributed by atoms with Gasteiger partial charge in [-0.3, -0.25) is 14.7 Å². The summed E-state index contributed by atoms with van der Waals surface area (Å²) < 4.78 is 13.6. The second-order valence-electron chi connectivity index (χ2n) is 9.53. The van der Waals surface area contributed by atoms with Crippen LogP contribution in [0.4, 0.5) is 0 Å². The molecule has 2 aliphatic rings. The molecular formula is C26H32N6O3. The van der Waals surface area contributed by atoms with Gasteiger partial charge in [0.05, 0.1) is 11.6 Å². The number of fused-ring (bicyclic) bond motifs is 2. The first-order chi connectivity index (χ1) is 17.1. The number of hydrogen-bond donors (Lipinski definition) is 1. The first kappa shape index (κ1) is 23.3. The highest BCUT2D eigenvalue weighted by Gasteiger charge is 2.26. The number of amides is 1. The minimum absolute atomic E-state index is 0.144. The summed E-state index contributed by atoms with van der Waals surface area (Å²) in [7, 11) is 0. The molecule has 9 heteroatoms. The number of benzene rings is 1. The number of nitrogens with zero attached hydrogens (tertiary/aromatic N) is 5. The van der Waals surface area contributed by atoms with Crippen molar-refractivity contribution in [1.29, 1.82) is 0 Å². The molecular weight excluding hydrogens is 444 g/mol. The van der Waals surface area contributed by atoms with E-state index in [-0.39, 0.29) is 11.9 Å². The molecule has 1 N–H and O–H groups in total. The Morgan fingerprint density at radius 1 is 1.09 bits per heavy atom. The lowest BCUT2D eigenvalue weighted by Crippen LogP contribution is -2.32. The first-order valence-corrected chi connectivity index (χ1v) is 12.3. The molecule has 1 aromatic carbocycles. The number of pyridine rings is 1. The Morgan fingerprint density at radius 2 is 1.94 bits per heavy atom. The fourth-order valence-electron chi connectivity index (χ4n) is 4.69. The zero-order valence-corrected chi connectivity index (χ0v) is 20.3. The molecule has 2 aliphatic heterocycles. The normalized spacial score (nSPS) is 16.4. The predicted octanol–water partition coefficient (Wildman–Crippen LogP) is 3.02. The highest BCUT2D eigenvalue weighted by Crippen LogP contribution is 2.31. The van der Waals surface area contributed by atoms with E-state index in [2.05, 4.69) is 55.9 Å². The zero-order valence-electron chi connectivity index (χ0n) is 20.3. The van der Waals surface area contributed by atoms with Gasteiger partial charge in [-0.25, -0.2) is 0 Å². The summed E-state index contributed by atoms with van der Waals surface area (Å²) in [6.07, 6.45) is 4.84. The molecule has 0 radical (unpaired) electrons. The molecule has 9 nitrogen and oxygen atoms in total. The van der Waals surface area contributed by atoms with E-state index in [1.165, 1.54) is 5.56 Å². The molecule has 5 rings (SSSR count). The van der Waals surface area contributed by atoms with Crippen molar-refractivity contribution in [3.8, 4) is 11.5 Å². The molecule has 1 atom stereocenters. The van der Waals surface area contributed by atoms with Crippen LogP contribution in [0.1, 0.15) is 53.9 Å². The molecule has 0 saturated heterocycles.